The van der Waals surface area contributed by atoms with Crippen LogP contribution < -0.4 is 15.4 Å². The minimum absolute atomic E-state index is 0. The molecule has 1 heterocycles. The summed E-state index contributed by atoms with van der Waals surface area (Å²) in [5, 5.41) is 7.01. The topological polar surface area (TPSA) is 50.4 Å². The highest BCUT2D eigenvalue weighted by Gasteiger charge is 2.27. The molecule has 1 aliphatic rings. The van der Waals surface area contributed by atoms with Gasteiger partial charge in [0.1, 0.15) is 5.75 Å². The van der Waals surface area contributed by atoms with Crippen molar-refractivity contribution < 1.29 is 9.53 Å². The van der Waals surface area contributed by atoms with Crippen LogP contribution in [0.2, 0.25) is 5.02 Å². The molecule has 0 spiro atoms. The molecule has 0 aromatic heterocycles. The predicted molar refractivity (Wildman–Crippen MR) is 92.2 cm³/mol. The summed E-state index contributed by atoms with van der Waals surface area (Å²) in [6.07, 6.45) is 2.47. The lowest BCUT2D eigenvalue weighted by molar-refractivity contribution is -0.121. The summed E-state index contributed by atoms with van der Waals surface area (Å²) in [6, 6.07) is 5.34. The van der Waals surface area contributed by atoms with Gasteiger partial charge in [-0.3, -0.25) is 4.79 Å². The molecule has 1 fully saturated rings. The van der Waals surface area contributed by atoms with E-state index in [4.69, 9.17) is 16.3 Å². The van der Waals surface area contributed by atoms with E-state index in [1.54, 1.807) is 25.3 Å². The molecule has 2 rings (SSSR count). The molecule has 0 saturated carbocycles. The quantitative estimate of drug-likeness (QED) is 0.861. The number of carbonyl (C=O) groups is 1. The van der Waals surface area contributed by atoms with Crippen molar-refractivity contribution in [2.75, 3.05) is 26.7 Å². The van der Waals surface area contributed by atoms with Gasteiger partial charge >= 0.3 is 0 Å². The zero-order valence-corrected chi connectivity index (χ0v) is 14.6. The van der Waals surface area contributed by atoms with Crippen molar-refractivity contribution in [2.45, 2.75) is 26.2 Å². The van der Waals surface area contributed by atoms with E-state index in [0.717, 1.165) is 38.0 Å². The van der Waals surface area contributed by atoms with Crippen molar-refractivity contribution in [3.8, 4) is 5.75 Å². The number of nitrogens with one attached hydrogen (secondary N) is 2. The standard InChI is InChI=1S/C16H23ClN2O2.ClH/c1-16(5-7-18-8-6-16)11-19-15(20)10-12-9-13(17)3-4-14(12)21-2;/h3-4,9,18H,5-8,10-11H2,1-2H3,(H,19,20);1H. The molecule has 1 aliphatic heterocycles. The van der Waals surface area contributed by atoms with Gasteiger partial charge in [0.2, 0.25) is 5.91 Å². The molecule has 0 bridgehead atoms. The molecule has 124 valence electrons. The molecule has 1 amide bonds. The number of hydrogen-bond donors (Lipinski definition) is 2. The highest BCUT2D eigenvalue weighted by molar-refractivity contribution is 6.30. The van der Waals surface area contributed by atoms with E-state index in [1.807, 2.05) is 0 Å². The number of benzene rings is 1. The number of carbonyl (C=O) groups excluding carboxylic acids is 1. The summed E-state index contributed by atoms with van der Waals surface area (Å²) in [7, 11) is 1.60. The highest BCUT2D eigenvalue weighted by Crippen LogP contribution is 2.27. The van der Waals surface area contributed by atoms with Crippen LogP contribution in [0.4, 0.5) is 0 Å². The smallest absolute Gasteiger partial charge is 0.224 e. The van der Waals surface area contributed by atoms with Crippen LogP contribution in [0.1, 0.15) is 25.3 Å². The monoisotopic (exact) mass is 346 g/mol. The fourth-order valence-electron chi connectivity index (χ4n) is 2.64. The fraction of sp³-hybridized carbons (Fsp3) is 0.562. The molecule has 1 aromatic carbocycles. The number of methoxy groups -OCH3 is 1. The van der Waals surface area contributed by atoms with Gasteiger partial charge < -0.3 is 15.4 Å². The molecule has 6 heteroatoms. The number of amides is 1. The predicted octanol–water partition coefficient (Wildman–Crippen LogP) is 2.82. The van der Waals surface area contributed by atoms with E-state index in [0.29, 0.717) is 10.8 Å². The zero-order chi connectivity index (χ0) is 15.3. The van der Waals surface area contributed by atoms with Crippen LogP contribution in [0.25, 0.3) is 0 Å². The summed E-state index contributed by atoms with van der Waals surface area (Å²) in [6.45, 7) is 4.99. The normalized spacial score (nSPS) is 16.5. The maximum absolute atomic E-state index is 12.2. The summed E-state index contributed by atoms with van der Waals surface area (Å²) >= 11 is 5.98. The van der Waals surface area contributed by atoms with Gasteiger partial charge in [-0.1, -0.05) is 18.5 Å². The number of piperidine rings is 1. The van der Waals surface area contributed by atoms with Crippen molar-refractivity contribution in [3.05, 3.63) is 28.8 Å². The summed E-state index contributed by atoms with van der Waals surface area (Å²) in [5.74, 6) is 0.706. The third-order valence-electron chi connectivity index (χ3n) is 4.12. The highest BCUT2D eigenvalue weighted by atomic mass is 35.5. The van der Waals surface area contributed by atoms with Gasteiger partial charge in [0.05, 0.1) is 13.5 Å². The summed E-state index contributed by atoms with van der Waals surface area (Å²) in [4.78, 5) is 12.2. The van der Waals surface area contributed by atoms with E-state index in [9.17, 15) is 4.79 Å². The molecule has 0 unspecified atom stereocenters. The second-order valence-electron chi connectivity index (χ2n) is 5.97. The van der Waals surface area contributed by atoms with Gasteiger partial charge in [-0.2, -0.15) is 0 Å². The Morgan fingerprint density at radius 3 is 2.73 bits per heavy atom. The Labute approximate surface area is 143 Å². The van der Waals surface area contributed by atoms with Gasteiger partial charge in [-0.25, -0.2) is 0 Å². The first-order chi connectivity index (χ1) is 10.0. The van der Waals surface area contributed by atoms with Gasteiger partial charge in [-0.15, -0.1) is 12.4 Å². The number of halogens is 2. The van der Waals surface area contributed by atoms with Crippen LogP contribution >= 0.6 is 24.0 Å². The van der Waals surface area contributed by atoms with E-state index >= 15 is 0 Å². The Bertz CT molecular complexity index is 503. The minimum atomic E-state index is 0. The first kappa shape index (κ1) is 19.1. The van der Waals surface area contributed by atoms with E-state index in [-0.39, 0.29) is 30.2 Å². The third-order valence-corrected chi connectivity index (χ3v) is 4.35. The molecule has 0 aliphatic carbocycles. The lowest BCUT2D eigenvalue weighted by atomic mass is 9.81. The fourth-order valence-corrected chi connectivity index (χ4v) is 2.83. The molecule has 1 saturated heterocycles. The Balaban J connectivity index is 0.00000242. The first-order valence-electron chi connectivity index (χ1n) is 7.32. The molecule has 0 atom stereocenters. The lowest BCUT2D eigenvalue weighted by Gasteiger charge is -2.34. The Morgan fingerprint density at radius 2 is 2.09 bits per heavy atom. The van der Waals surface area contributed by atoms with Crippen molar-refractivity contribution in [2.24, 2.45) is 5.41 Å². The second-order valence-corrected chi connectivity index (χ2v) is 6.41. The minimum Gasteiger partial charge on any atom is -0.496 e. The van der Waals surface area contributed by atoms with Crippen LogP contribution in [0.5, 0.6) is 5.75 Å². The average Bonchev–Trinajstić information content (AvgIpc) is 2.46. The molecule has 4 nitrogen and oxygen atoms in total. The molecule has 2 N–H and O–H groups in total. The van der Waals surface area contributed by atoms with E-state index in [1.165, 1.54) is 0 Å². The number of ether oxygens (including phenoxy) is 1. The molecular weight excluding hydrogens is 323 g/mol. The van der Waals surface area contributed by atoms with Crippen molar-refractivity contribution >= 4 is 29.9 Å². The molecule has 22 heavy (non-hydrogen) atoms. The third kappa shape index (κ3) is 5.34. The molecule has 0 radical (unpaired) electrons. The van der Waals surface area contributed by atoms with Gasteiger partial charge in [-0.05, 0) is 49.5 Å². The molecular formula is C16H24Cl2N2O2. The zero-order valence-electron chi connectivity index (χ0n) is 13.1. The lowest BCUT2D eigenvalue weighted by Crippen LogP contribution is -2.43. The first-order valence-corrected chi connectivity index (χ1v) is 7.70. The maximum atomic E-state index is 12.2. The average molecular weight is 347 g/mol. The van der Waals surface area contributed by atoms with Gasteiger partial charge in [0.15, 0.2) is 0 Å². The number of rotatable bonds is 5. The van der Waals surface area contributed by atoms with Gasteiger partial charge in [0.25, 0.3) is 0 Å². The van der Waals surface area contributed by atoms with Crippen LogP contribution in [-0.4, -0.2) is 32.7 Å². The van der Waals surface area contributed by atoms with Crippen LogP contribution in [0.3, 0.4) is 0 Å². The SMILES string of the molecule is COc1ccc(Cl)cc1CC(=O)NCC1(C)CCNCC1.Cl. The summed E-state index contributed by atoms with van der Waals surface area (Å²) in [5.41, 5.74) is 1.01. The Kier molecular flexibility index (Phi) is 7.46. The Hall–Kier alpha value is -0.970. The second kappa shape index (κ2) is 8.61. The Morgan fingerprint density at radius 1 is 1.41 bits per heavy atom. The number of hydrogen-bond acceptors (Lipinski definition) is 3. The van der Waals surface area contributed by atoms with Gasteiger partial charge in [0, 0.05) is 17.1 Å². The van der Waals surface area contributed by atoms with Crippen LogP contribution in [-0.2, 0) is 11.2 Å². The summed E-state index contributed by atoms with van der Waals surface area (Å²) < 4.78 is 5.27. The largest absolute Gasteiger partial charge is 0.496 e. The van der Waals surface area contributed by atoms with Crippen molar-refractivity contribution in [1.82, 2.24) is 10.6 Å². The van der Waals surface area contributed by atoms with Crippen LogP contribution in [0, 0.1) is 5.41 Å². The van der Waals surface area contributed by atoms with E-state index < -0.39 is 0 Å². The van der Waals surface area contributed by atoms with Crippen molar-refractivity contribution in [1.29, 1.82) is 0 Å². The molecule has 1 aromatic rings. The van der Waals surface area contributed by atoms with Crippen LogP contribution in [0.15, 0.2) is 18.2 Å². The van der Waals surface area contributed by atoms with E-state index in [2.05, 4.69) is 17.6 Å². The van der Waals surface area contributed by atoms with Crippen molar-refractivity contribution in [3.63, 3.8) is 0 Å². The maximum Gasteiger partial charge on any atom is 0.224 e.